The van der Waals surface area contributed by atoms with Crippen molar-refractivity contribution in [1.82, 2.24) is 15.2 Å². The summed E-state index contributed by atoms with van der Waals surface area (Å²) in [4.78, 5) is 28.6. The minimum Gasteiger partial charge on any atom is -0.373 e. The highest BCUT2D eigenvalue weighted by Crippen LogP contribution is 2.20. The fourth-order valence-electron chi connectivity index (χ4n) is 2.78. The van der Waals surface area contributed by atoms with Gasteiger partial charge in [-0.1, -0.05) is 0 Å². The zero-order valence-electron chi connectivity index (χ0n) is 13.7. The molecule has 0 saturated carbocycles. The van der Waals surface area contributed by atoms with E-state index in [2.05, 4.69) is 42.9 Å². The number of rotatable bonds is 4. The molecule has 1 aliphatic heterocycles. The molecule has 6 nitrogen and oxygen atoms in total. The number of hydrogen-bond acceptors (Lipinski definition) is 4. The molecular weight excluding hydrogens is 282 g/mol. The van der Waals surface area contributed by atoms with Crippen LogP contribution in [0.25, 0.3) is 0 Å². The van der Waals surface area contributed by atoms with Gasteiger partial charge >= 0.3 is 0 Å². The molecule has 2 N–H and O–H groups in total. The second-order valence-corrected chi connectivity index (χ2v) is 6.57. The summed E-state index contributed by atoms with van der Waals surface area (Å²) in [7, 11) is 0. The van der Waals surface area contributed by atoms with Crippen LogP contribution in [0.15, 0.2) is 23.1 Å². The lowest BCUT2D eigenvalue weighted by Crippen LogP contribution is -2.58. The number of carbonyl (C=O) groups excluding carboxylic acids is 1. The molecule has 22 heavy (non-hydrogen) atoms. The molecular formula is C16H25N3O3. The maximum Gasteiger partial charge on any atom is 0.260 e. The summed E-state index contributed by atoms with van der Waals surface area (Å²) in [6.45, 7) is 10.4. The van der Waals surface area contributed by atoms with E-state index in [-0.39, 0.29) is 34.8 Å². The standard InChI is InChI=1S/C16H25N3O3/c1-11-8-19(9-12(2)22-11)16(3,4)10-18-15(21)13-6-5-7-17-14(13)20/h5-7,11-12H,8-10H2,1-4H3,(H,17,20)(H,18,21)/t11-,12+. The van der Waals surface area contributed by atoms with Crippen molar-refractivity contribution in [2.75, 3.05) is 19.6 Å². The lowest BCUT2D eigenvalue weighted by atomic mass is 10.00. The Kier molecular flexibility index (Phi) is 5.03. The number of nitrogens with zero attached hydrogens (tertiary/aromatic N) is 1. The number of morpholine rings is 1. The molecule has 2 rings (SSSR count). The van der Waals surface area contributed by atoms with E-state index in [9.17, 15) is 9.59 Å². The highest BCUT2D eigenvalue weighted by Gasteiger charge is 2.33. The van der Waals surface area contributed by atoms with Gasteiger partial charge < -0.3 is 15.0 Å². The van der Waals surface area contributed by atoms with Crippen LogP contribution in [-0.2, 0) is 4.74 Å². The summed E-state index contributed by atoms with van der Waals surface area (Å²) in [5, 5.41) is 2.87. The molecule has 6 heteroatoms. The number of nitrogens with one attached hydrogen (secondary N) is 2. The molecule has 1 aliphatic rings. The van der Waals surface area contributed by atoms with E-state index in [4.69, 9.17) is 4.74 Å². The van der Waals surface area contributed by atoms with Gasteiger partial charge in [0.25, 0.3) is 11.5 Å². The van der Waals surface area contributed by atoms with Crippen LogP contribution in [0.4, 0.5) is 0 Å². The Hall–Kier alpha value is -1.66. The predicted octanol–water partition coefficient (Wildman–Crippen LogP) is 0.993. The second-order valence-electron chi connectivity index (χ2n) is 6.57. The van der Waals surface area contributed by atoms with E-state index >= 15 is 0 Å². The summed E-state index contributed by atoms with van der Waals surface area (Å²) >= 11 is 0. The van der Waals surface area contributed by atoms with E-state index in [1.165, 1.54) is 12.3 Å². The van der Waals surface area contributed by atoms with Crippen LogP contribution in [0.2, 0.25) is 0 Å². The number of amides is 1. The van der Waals surface area contributed by atoms with Gasteiger partial charge in [-0.25, -0.2) is 0 Å². The average molecular weight is 307 g/mol. The summed E-state index contributed by atoms with van der Waals surface area (Å²) in [5.74, 6) is -0.343. The first-order valence-electron chi connectivity index (χ1n) is 7.66. The third-order valence-electron chi connectivity index (χ3n) is 4.02. The molecule has 0 radical (unpaired) electrons. The Morgan fingerprint density at radius 2 is 2.05 bits per heavy atom. The number of pyridine rings is 1. The number of ether oxygens (including phenoxy) is 1. The van der Waals surface area contributed by atoms with Crippen molar-refractivity contribution in [3.8, 4) is 0 Å². The van der Waals surface area contributed by atoms with Gasteiger partial charge in [-0.3, -0.25) is 14.5 Å². The van der Waals surface area contributed by atoms with Crippen LogP contribution in [-0.4, -0.2) is 53.2 Å². The normalized spacial score (nSPS) is 23.3. The van der Waals surface area contributed by atoms with Gasteiger partial charge in [-0.2, -0.15) is 0 Å². The van der Waals surface area contributed by atoms with Crippen molar-refractivity contribution in [1.29, 1.82) is 0 Å². The van der Waals surface area contributed by atoms with Gasteiger partial charge in [-0.15, -0.1) is 0 Å². The molecule has 1 fully saturated rings. The first kappa shape index (κ1) is 16.7. The number of carbonyl (C=O) groups is 1. The fraction of sp³-hybridized carbons (Fsp3) is 0.625. The largest absolute Gasteiger partial charge is 0.373 e. The van der Waals surface area contributed by atoms with E-state index < -0.39 is 0 Å². The highest BCUT2D eigenvalue weighted by molar-refractivity contribution is 5.93. The van der Waals surface area contributed by atoms with Crippen molar-refractivity contribution >= 4 is 5.91 Å². The van der Waals surface area contributed by atoms with E-state index in [0.29, 0.717) is 6.54 Å². The summed E-state index contributed by atoms with van der Waals surface area (Å²) in [5.41, 5.74) is -0.433. The molecule has 0 aromatic carbocycles. The van der Waals surface area contributed by atoms with Crippen molar-refractivity contribution in [3.63, 3.8) is 0 Å². The molecule has 0 aliphatic carbocycles. The molecule has 0 bridgehead atoms. The van der Waals surface area contributed by atoms with E-state index in [1.54, 1.807) is 6.07 Å². The van der Waals surface area contributed by atoms with Crippen LogP contribution in [0.1, 0.15) is 38.1 Å². The Morgan fingerprint density at radius 3 is 2.64 bits per heavy atom. The monoisotopic (exact) mass is 307 g/mol. The van der Waals surface area contributed by atoms with E-state index in [0.717, 1.165) is 13.1 Å². The molecule has 2 heterocycles. The molecule has 1 amide bonds. The number of H-pyrrole nitrogens is 1. The second kappa shape index (κ2) is 6.62. The Labute approximate surface area is 130 Å². The quantitative estimate of drug-likeness (QED) is 0.870. The van der Waals surface area contributed by atoms with Gasteiger partial charge in [0, 0.05) is 31.4 Å². The SMILES string of the molecule is C[C@@H]1CN(C(C)(C)CNC(=O)c2ccc[nH]c2=O)C[C@H](C)O1. The van der Waals surface area contributed by atoms with Gasteiger partial charge in [0.15, 0.2) is 0 Å². The topological polar surface area (TPSA) is 74.4 Å². The van der Waals surface area contributed by atoms with Crippen LogP contribution >= 0.6 is 0 Å². The third kappa shape index (κ3) is 3.96. The number of aromatic nitrogens is 1. The van der Waals surface area contributed by atoms with Gasteiger partial charge in [-0.05, 0) is 39.8 Å². The Bertz CT molecular complexity index is 572. The van der Waals surface area contributed by atoms with Crippen molar-refractivity contribution in [2.24, 2.45) is 0 Å². The molecule has 1 aromatic rings. The average Bonchev–Trinajstić information content (AvgIpc) is 2.44. The first-order valence-corrected chi connectivity index (χ1v) is 7.66. The van der Waals surface area contributed by atoms with Crippen LogP contribution in [0.3, 0.4) is 0 Å². The lowest BCUT2D eigenvalue weighted by molar-refractivity contribution is -0.0948. The van der Waals surface area contributed by atoms with Crippen LogP contribution in [0.5, 0.6) is 0 Å². The third-order valence-corrected chi connectivity index (χ3v) is 4.02. The van der Waals surface area contributed by atoms with Crippen molar-refractivity contribution in [2.45, 2.75) is 45.4 Å². The maximum absolute atomic E-state index is 12.1. The molecule has 1 saturated heterocycles. The van der Waals surface area contributed by atoms with Crippen LogP contribution < -0.4 is 10.9 Å². The van der Waals surface area contributed by atoms with Gasteiger partial charge in [0.2, 0.25) is 0 Å². The van der Waals surface area contributed by atoms with E-state index in [1.807, 2.05) is 0 Å². The van der Waals surface area contributed by atoms with Gasteiger partial charge in [0.1, 0.15) is 5.56 Å². The number of hydrogen-bond donors (Lipinski definition) is 2. The smallest absolute Gasteiger partial charge is 0.260 e. The lowest BCUT2D eigenvalue weighted by Gasteiger charge is -2.45. The summed E-state index contributed by atoms with van der Waals surface area (Å²) < 4.78 is 5.75. The Morgan fingerprint density at radius 1 is 1.41 bits per heavy atom. The molecule has 0 unspecified atom stereocenters. The minimum absolute atomic E-state index is 0.141. The minimum atomic E-state index is -0.369. The highest BCUT2D eigenvalue weighted by atomic mass is 16.5. The van der Waals surface area contributed by atoms with Crippen molar-refractivity contribution in [3.05, 3.63) is 34.2 Å². The Balaban J connectivity index is 1.99. The summed E-state index contributed by atoms with van der Waals surface area (Å²) in [6.07, 6.45) is 1.87. The summed E-state index contributed by atoms with van der Waals surface area (Å²) in [6, 6.07) is 3.17. The molecule has 122 valence electrons. The molecule has 1 aromatic heterocycles. The molecule has 0 spiro atoms. The maximum atomic E-state index is 12.1. The van der Waals surface area contributed by atoms with Crippen molar-refractivity contribution < 1.29 is 9.53 Å². The zero-order valence-corrected chi connectivity index (χ0v) is 13.7. The molecule has 2 atom stereocenters. The number of aromatic amines is 1. The zero-order chi connectivity index (χ0) is 16.3. The van der Waals surface area contributed by atoms with Gasteiger partial charge in [0.05, 0.1) is 12.2 Å². The fourth-order valence-corrected chi connectivity index (χ4v) is 2.78. The first-order chi connectivity index (χ1) is 10.3. The van der Waals surface area contributed by atoms with Crippen LogP contribution in [0, 0.1) is 0 Å². The predicted molar refractivity (Wildman–Crippen MR) is 85.1 cm³/mol.